The molecule has 0 radical (unpaired) electrons. The lowest BCUT2D eigenvalue weighted by atomic mass is 10.1. The lowest BCUT2D eigenvalue weighted by molar-refractivity contribution is -0.116. The highest BCUT2D eigenvalue weighted by molar-refractivity contribution is 6.05. The van der Waals surface area contributed by atoms with E-state index in [-0.39, 0.29) is 5.91 Å². The molecular formula is C20H23N5O. The third-order valence-electron chi connectivity index (χ3n) is 4.87. The molecule has 1 aliphatic rings. The summed E-state index contributed by atoms with van der Waals surface area (Å²) in [7, 11) is 1.88. The number of carbonyl (C=O) groups excluding carboxylic acids is 1. The number of fused-ring (bicyclic) bond motifs is 1. The molecule has 3 heterocycles. The summed E-state index contributed by atoms with van der Waals surface area (Å²) in [6, 6.07) is 8.02. The molecule has 1 saturated heterocycles. The minimum Gasteiger partial charge on any atom is -0.370 e. The maximum absolute atomic E-state index is 12.4. The summed E-state index contributed by atoms with van der Waals surface area (Å²) in [6.07, 6.45) is 9.12. The van der Waals surface area contributed by atoms with Crippen LogP contribution in [0.4, 0.5) is 11.4 Å². The van der Waals surface area contributed by atoms with Crippen LogP contribution in [0.25, 0.3) is 10.9 Å². The van der Waals surface area contributed by atoms with Gasteiger partial charge in [0.2, 0.25) is 5.91 Å². The van der Waals surface area contributed by atoms with Gasteiger partial charge in [0.1, 0.15) is 0 Å². The van der Waals surface area contributed by atoms with Crippen LogP contribution >= 0.6 is 0 Å². The maximum Gasteiger partial charge on any atom is 0.224 e. The lowest BCUT2D eigenvalue weighted by Crippen LogP contribution is -2.18. The topological polar surface area (TPSA) is 63.1 Å². The number of nitrogens with one attached hydrogen (secondary N) is 1. The Labute approximate surface area is 152 Å². The SMILES string of the molecule is Cn1cc(CCC(=O)Nc2ccc(N3CCCC3)c3ncccc23)cn1. The van der Waals surface area contributed by atoms with Gasteiger partial charge in [-0.2, -0.15) is 5.10 Å². The fraction of sp³-hybridized carbons (Fsp3) is 0.350. The van der Waals surface area contributed by atoms with Crippen LogP contribution in [0.1, 0.15) is 24.8 Å². The van der Waals surface area contributed by atoms with Crippen LogP contribution in [0.5, 0.6) is 0 Å². The summed E-state index contributed by atoms with van der Waals surface area (Å²) < 4.78 is 1.75. The van der Waals surface area contributed by atoms with E-state index in [0.29, 0.717) is 12.8 Å². The Bertz CT molecular complexity index is 927. The minimum absolute atomic E-state index is 0.00734. The van der Waals surface area contributed by atoms with E-state index >= 15 is 0 Å². The van der Waals surface area contributed by atoms with Crippen molar-refractivity contribution in [3.8, 4) is 0 Å². The highest BCUT2D eigenvalue weighted by Gasteiger charge is 2.17. The molecule has 2 aromatic heterocycles. The molecule has 3 aromatic rings. The van der Waals surface area contributed by atoms with Crippen LogP contribution in [0, 0.1) is 0 Å². The van der Waals surface area contributed by atoms with Crippen molar-refractivity contribution in [1.29, 1.82) is 0 Å². The monoisotopic (exact) mass is 349 g/mol. The van der Waals surface area contributed by atoms with E-state index < -0.39 is 0 Å². The average molecular weight is 349 g/mol. The van der Waals surface area contributed by atoms with Crippen molar-refractivity contribution in [2.75, 3.05) is 23.3 Å². The number of hydrogen-bond acceptors (Lipinski definition) is 4. The van der Waals surface area contributed by atoms with Gasteiger partial charge in [0.15, 0.2) is 0 Å². The number of aromatic nitrogens is 3. The molecule has 6 heteroatoms. The molecule has 26 heavy (non-hydrogen) atoms. The highest BCUT2D eigenvalue weighted by atomic mass is 16.1. The Morgan fingerprint density at radius 2 is 2.08 bits per heavy atom. The van der Waals surface area contributed by atoms with Crippen molar-refractivity contribution in [2.24, 2.45) is 7.05 Å². The third kappa shape index (κ3) is 3.40. The van der Waals surface area contributed by atoms with Crippen LogP contribution < -0.4 is 10.2 Å². The first-order chi connectivity index (χ1) is 12.7. The smallest absolute Gasteiger partial charge is 0.224 e. The first kappa shape index (κ1) is 16.6. The molecule has 1 aliphatic heterocycles. The number of pyridine rings is 1. The highest BCUT2D eigenvalue weighted by Crippen LogP contribution is 2.32. The van der Waals surface area contributed by atoms with Crippen molar-refractivity contribution in [3.05, 3.63) is 48.4 Å². The zero-order valence-electron chi connectivity index (χ0n) is 15.0. The fourth-order valence-corrected chi connectivity index (χ4v) is 3.55. The average Bonchev–Trinajstić information content (AvgIpc) is 3.32. The Morgan fingerprint density at radius 3 is 2.85 bits per heavy atom. The molecule has 4 rings (SSSR count). The molecule has 1 N–H and O–H groups in total. The maximum atomic E-state index is 12.4. The van der Waals surface area contributed by atoms with Gasteiger partial charge in [-0.25, -0.2) is 0 Å². The van der Waals surface area contributed by atoms with Gasteiger partial charge in [-0.1, -0.05) is 0 Å². The quantitative estimate of drug-likeness (QED) is 0.769. The predicted octanol–water partition coefficient (Wildman–Crippen LogP) is 3.14. The first-order valence-electron chi connectivity index (χ1n) is 9.11. The summed E-state index contributed by atoms with van der Waals surface area (Å²) in [4.78, 5) is 19.4. The van der Waals surface area contributed by atoms with Crippen molar-refractivity contribution in [1.82, 2.24) is 14.8 Å². The van der Waals surface area contributed by atoms with Gasteiger partial charge in [0.05, 0.1) is 23.1 Å². The lowest BCUT2D eigenvalue weighted by Gasteiger charge is -2.20. The number of anilines is 2. The molecule has 0 aliphatic carbocycles. The van der Waals surface area contributed by atoms with Gasteiger partial charge < -0.3 is 10.2 Å². The number of benzene rings is 1. The zero-order chi connectivity index (χ0) is 17.9. The van der Waals surface area contributed by atoms with Crippen LogP contribution in [-0.4, -0.2) is 33.8 Å². The number of aryl methyl sites for hydroxylation is 2. The van der Waals surface area contributed by atoms with Gasteiger partial charge in [-0.15, -0.1) is 0 Å². The van der Waals surface area contributed by atoms with Gasteiger partial charge in [0, 0.05) is 44.3 Å². The number of hydrogen-bond donors (Lipinski definition) is 1. The van der Waals surface area contributed by atoms with E-state index in [1.165, 1.54) is 12.8 Å². The van der Waals surface area contributed by atoms with Crippen LogP contribution in [0.3, 0.4) is 0 Å². The second-order valence-corrected chi connectivity index (χ2v) is 6.80. The van der Waals surface area contributed by atoms with Gasteiger partial charge >= 0.3 is 0 Å². The number of rotatable bonds is 5. The molecule has 6 nitrogen and oxygen atoms in total. The molecule has 1 amide bonds. The van der Waals surface area contributed by atoms with E-state index in [0.717, 1.165) is 40.9 Å². The van der Waals surface area contributed by atoms with E-state index in [9.17, 15) is 4.79 Å². The fourth-order valence-electron chi connectivity index (χ4n) is 3.55. The van der Waals surface area contributed by atoms with Crippen LogP contribution in [0.15, 0.2) is 42.9 Å². The Kier molecular flexibility index (Phi) is 4.56. The minimum atomic E-state index is 0.00734. The van der Waals surface area contributed by atoms with Crippen LogP contribution in [0.2, 0.25) is 0 Å². The van der Waals surface area contributed by atoms with Crippen molar-refractivity contribution < 1.29 is 4.79 Å². The van der Waals surface area contributed by atoms with E-state index in [2.05, 4.69) is 26.4 Å². The molecule has 0 bridgehead atoms. The summed E-state index contributed by atoms with van der Waals surface area (Å²) in [6.45, 7) is 2.14. The Morgan fingerprint density at radius 1 is 1.23 bits per heavy atom. The standard InChI is InChI=1S/C20H23N5O/c1-24-14-15(13-22-24)6-9-19(26)23-17-7-8-18(25-11-2-3-12-25)20-16(17)5-4-10-21-20/h4-5,7-8,10,13-14H,2-3,6,9,11-12H2,1H3,(H,23,26). The summed E-state index contributed by atoms with van der Waals surface area (Å²) >= 11 is 0. The molecular weight excluding hydrogens is 326 g/mol. The number of carbonyl (C=O) groups is 1. The second kappa shape index (κ2) is 7.15. The summed E-state index contributed by atoms with van der Waals surface area (Å²) in [5.41, 5.74) is 4.01. The molecule has 0 unspecified atom stereocenters. The number of amides is 1. The van der Waals surface area contributed by atoms with Gasteiger partial charge in [-0.3, -0.25) is 14.5 Å². The molecule has 0 spiro atoms. The van der Waals surface area contributed by atoms with Crippen molar-refractivity contribution in [3.63, 3.8) is 0 Å². The third-order valence-corrected chi connectivity index (χ3v) is 4.87. The second-order valence-electron chi connectivity index (χ2n) is 6.80. The van der Waals surface area contributed by atoms with Crippen molar-refractivity contribution >= 4 is 28.2 Å². The molecule has 0 saturated carbocycles. The predicted molar refractivity (Wildman–Crippen MR) is 103 cm³/mol. The zero-order valence-corrected chi connectivity index (χ0v) is 15.0. The Hall–Kier alpha value is -2.89. The largest absolute Gasteiger partial charge is 0.370 e. The van der Waals surface area contributed by atoms with Gasteiger partial charge in [0.25, 0.3) is 0 Å². The normalized spacial score (nSPS) is 14.1. The molecule has 0 atom stereocenters. The van der Waals surface area contributed by atoms with E-state index in [1.807, 2.05) is 37.6 Å². The first-order valence-corrected chi connectivity index (χ1v) is 9.11. The summed E-state index contributed by atoms with van der Waals surface area (Å²) in [5, 5.41) is 8.19. The van der Waals surface area contributed by atoms with Crippen molar-refractivity contribution in [2.45, 2.75) is 25.7 Å². The van der Waals surface area contributed by atoms with Crippen LogP contribution in [-0.2, 0) is 18.3 Å². The van der Waals surface area contributed by atoms with E-state index in [1.54, 1.807) is 10.9 Å². The molecule has 134 valence electrons. The summed E-state index contributed by atoms with van der Waals surface area (Å²) in [5.74, 6) is 0.00734. The molecule has 1 fully saturated rings. The Balaban J connectivity index is 1.53. The van der Waals surface area contributed by atoms with E-state index in [4.69, 9.17) is 0 Å². The molecule has 1 aromatic carbocycles. The van der Waals surface area contributed by atoms with Gasteiger partial charge in [-0.05, 0) is 49.1 Å². The number of nitrogens with zero attached hydrogens (tertiary/aromatic N) is 4.